The Morgan fingerprint density at radius 3 is 1.61 bits per heavy atom. The number of nitrogens with zero attached hydrogens (tertiary/aromatic N) is 1. The zero-order valence-corrected chi connectivity index (χ0v) is 22.1. The van der Waals surface area contributed by atoms with Crippen LogP contribution in [-0.2, 0) is 25.8 Å². The molecule has 0 fully saturated rings. The predicted octanol–water partition coefficient (Wildman–Crippen LogP) is 5.43. The predicted molar refractivity (Wildman–Crippen MR) is 141 cm³/mol. The van der Waals surface area contributed by atoms with Crippen LogP contribution < -0.4 is 13.2 Å². The third kappa shape index (κ3) is 5.08. The molecule has 1 aliphatic heterocycles. The van der Waals surface area contributed by atoms with E-state index in [-0.39, 0.29) is 22.9 Å². The van der Waals surface area contributed by atoms with E-state index < -0.39 is 25.8 Å². The average molecular weight is 530 g/mol. The lowest BCUT2D eigenvalue weighted by atomic mass is 9.97. The van der Waals surface area contributed by atoms with Crippen LogP contribution in [0.1, 0.15) is 50.7 Å². The molecular formula is C27H31NO6S2. The van der Waals surface area contributed by atoms with Crippen molar-refractivity contribution in [3.63, 3.8) is 0 Å². The molecule has 0 unspecified atom stereocenters. The molecule has 0 bridgehead atoms. The number of rotatable bonds is 11. The molecule has 0 N–H and O–H groups in total. The quantitative estimate of drug-likeness (QED) is 0.329. The minimum absolute atomic E-state index is 0.0153. The van der Waals surface area contributed by atoms with Crippen molar-refractivity contribution in [1.29, 1.82) is 0 Å². The lowest BCUT2D eigenvalue weighted by molar-refractivity contribution is -0.0458. The Morgan fingerprint density at radius 1 is 0.667 bits per heavy atom. The van der Waals surface area contributed by atoms with E-state index in [9.17, 15) is 16.8 Å². The van der Waals surface area contributed by atoms with Crippen LogP contribution in [0.4, 0.5) is 5.69 Å². The van der Waals surface area contributed by atoms with Crippen LogP contribution in [0.3, 0.4) is 0 Å². The standard InChI is InChI=1S/C27H31NO6S2/c1-3-5-19-35(29,30)28(36(31,32)20-6-4-2)24-17-18-25-26(21-24)34-27(33-25,22-13-9-7-10-14-22)23-15-11-8-12-16-23/h7-18,21H,3-6,19-20H2,1-2H3. The van der Waals surface area contributed by atoms with Gasteiger partial charge in [-0.3, -0.25) is 0 Å². The molecular weight excluding hydrogens is 498 g/mol. The number of anilines is 1. The molecule has 7 nitrogen and oxygen atoms in total. The van der Waals surface area contributed by atoms with Crippen molar-refractivity contribution in [2.75, 3.05) is 15.2 Å². The van der Waals surface area contributed by atoms with Crippen LogP contribution >= 0.6 is 0 Å². The fourth-order valence-corrected chi connectivity index (χ4v) is 8.48. The first-order valence-corrected chi connectivity index (χ1v) is 15.3. The number of ether oxygens (including phenoxy) is 2. The zero-order chi connectivity index (χ0) is 25.8. The molecule has 1 heterocycles. The summed E-state index contributed by atoms with van der Waals surface area (Å²) in [5, 5.41) is 0. The Morgan fingerprint density at radius 2 is 1.14 bits per heavy atom. The molecule has 0 saturated carbocycles. The van der Waals surface area contributed by atoms with Gasteiger partial charge < -0.3 is 9.47 Å². The van der Waals surface area contributed by atoms with Crippen LogP contribution in [0, 0.1) is 0 Å². The van der Waals surface area contributed by atoms with Crippen LogP contribution in [0.25, 0.3) is 0 Å². The van der Waals surface area contributed by atoms with Crippen molar-refractivity contribution in [2.24, 2.45) is 0 Å². The smallest absolute Gasteiger partial charge is 0.305 e. The molecule has 0 radical (unpaired) electrons. The van der Waals surface area contributed by atoms with E-state index in [0.29, 0.717) is 35.1 Å². The van der Waals surface area contributed by atoms with Gasteiger partial charge in [0.05, 0.1) is 17.2 Å². The van der Waals surface area contributed by atoms with Crippen molar-refractivity contribution in [2.45, 2.75) is 45.3 Å². The lowest BCUT2D eigenvalue weighted by Gasteiger charge is -2.28. The number of fused-ring (bicyclic) bond motifs is 1. The highest BCUT2D eigenvalue weighted by molar-refractivity contribution is 8.10. The maximum atomic E-state index is 13.2. The van der Waals surface area contributed by atoms with Crippen molar-refractivity contribution in [3.8, 4) is 11.5 Å². The van der Waals surface area contributed by atoms with E-state index >= 15 is 0 Å². The molecule has 0 amide bonds. The summed E-state index contributed by atoms with van der Waals surface area (Å²) in [4.78, 5) is 0. The van der Waals surface area contributed by atoms with Gasteiger partial charge in [0.15, 0.2) is 11.5 Å². The highest BCUT2D eigenvalue weighted by atomic mass is 32.3. The number of hydrogen-bond acceptors (Lipinski definition) is 6. The molecule has 0 aliphatic carbocycles. The zero-order valence-electron chi connectivity index (χ0n) is 20.5. The number of sulfonamides is 2. The number of benzene rings is 3. The molecule has 192 valence electrons. The van der Waals surface area contributed by atoms with Crippen molar-refractivity contribution in [1.82, 2.24) is 0 Å². The topological polar surface area (TPSA) is 90.0 Å². The normalized spacial score (nSPS) is 14.5. The van der Waals surface area contributed by atoms with Crippen LogP contribution in [0.5, 0.6) is 11.5 Å². The summed E-state index contributed by atoms with van der Waals surface area (Å²) in [5.74, 6) is -1.16. The van der Waals surface area contributed by atoms with Gasteiger partial charge in [0.25, 0.3) is 0 Å². The van der Waals surface area contributed by atoms with E-state index in [1.54, 1.807) is 6.07 Å². The van der Waals surface area contributed by atoms with Crippen LogP contribution in [0.2, 0.25) is 0 Å². The van der Waals surface area contributed by atoms with Gasteiger partial charge in [-0.25, -0.2) is 16.8 Å². The Bertz CT molecular complexity index is 1310. The Hall–Kier alpha value is -3.04. The van der Waals surface area contributed by atoms with E-state index in [2.05, 4.69) is 0 Å². The minimum atomic E-state index is -4.13. The van der Waals surface area contributed by atoms with Gasteiger partial charge in [0, 0.05) is 17.2 Å². The van der Waals surface area contributed by atoms with Crippen LogP contribution in [-0.4, -0.2) is 28.3 Å². The summed E-state index contributed by atoms with van der Waals surface area (Å²) in [5.41, 5.74) is 1.51. The average Bonchev–Trinajstić information content (AvgIpc) is 3.27. The second kappa shape index (κ2) is 10.5. The van der Waals surface area contributed by atoms with Crippen molar-refractivity contribution >= 4 is 25.7 Å². The number of hydrogen-bond donors (Lipinski definition) is 0. The fraction of sp³-hybridized carbons (Fsp3) is 0.333. The molecule has 0 saturated heterocycles. The van der Waals surface area contributed by atoms with Gasteiger partial charge in [-0.1, -0.05) is 87.4 Å². The first-order valence-electron chi connectivity index (χ1n) is 12.1. The van der Waals surface area contributed by atoms with E-state index in [4.69, 9.17) is 9.47 Å². The summed E-state index contributed by atoms with van der Waals surface area (Å²) in [6.45, 7) is 3.72. The first kappa shape index (κ1) is 26.0. The van der Waals surface area contributed by atoms with E-state index in [1.165, 1.54) is 12.1 Å². The van der Waals surface area contributed by atoms with E-state index in [0.717, 1.165) is 11.1 Å². The maximum Gasteiger partial charge on any atom is 0.305 e. The molecule has 0 atom stereocenters. The summed E-state index contributed by atoms with van der Waals surface area (Å²) >= 11 is 0. The monoisotopic (exact) mass is 529 g/mol. The van der Waals surface area contributed by atoms with Gasteiger partial charge in [-0.05, 0) is 25.0 Å². The van der Waals surface area contributed by atoms with Gasteiger partial charge in [0.1, 0.15) is 0 Å². The maximum absolute atomic E-state index is 13.2. The summed E-state index contributed by atoms with van der Waals surface area (Å²) in [6, 6.07) is 23.3. The lowest BCUT2D eigenvalue weighted by Crippen LogP contribution is -2.40. The minimum Gasteiger partial charge on any atom is -0.440 e. The Kier molecular flexibility index (Phi) is 7.61. The SMILES string of the molecule is CCCCS(=O)(=O)N(c1ccc2c(c1)OC(c1ccccc1)(c1ccccc1)O2)S(=O)(=O)CCCC. The summed E-state index contributed by atoms with van der Waals surface area (Å²) < 4.78 is 66.3. The molecule has 0 spiro atoms. The van der Waals surface area contributed by atoms with E-state index in [1.807, 2.05) is 74.5 Å². The first-order chi connectivity index (χ1) is 17.2. The van der Waals surface area contributed by atoms with Gasteiger partial charge in [0.2, 0.25) is 20.0 Å². The molecule has 4 rings (SSSR count). The van der Waals surface area contributed by atoms with Gasteiger partial charge >= 0.3 is 5.79 Å². The molecule has 1 aliphatic rings. The summed E-state index contributed by atoms with van der Waals surface area (Å²) in [7, 11) is -8.25. The molecule has 0 aromatic heterocycles. The van der Waals surface area contributed by atoms with Gasteiger partial charge in [-0.2, -0.15) is 3.71 Å². The fourth-order valence-electron chi connectivity index (χ4n) is 4.14. The molecule has 9 heteroatoms. The van der Waals surface area contributed by atoms with Crippen LogP contribution in [0.15, 0.2) is 78.9 Å². The number of unbranched alkanes of at least 4 members (excludes halogenated alkanes) is 2. The van der Waals surface area contributed by atoms with Gasteiger partial charge in [-0.15, -0.1) is 0 Å². The molecule has 3 aromatic rings. The Balaban J connectivity index is 1.80. The largest absolute Gasteiger partial charge is 0.440 e. The highest BCUT2D eigenvalue weighted by Gasteiger charge is 2.46. The third-order valence-electron chi connectivity index (χ3n) is 5.97. The second-order valence-corrected chi connectivity index (χ2v) is 12.8. The molecule has 3 aromatic carbocycles. The molecule has 36 heavy (non-hydrogen) atoms. The second-order valence-electron chi connectivity index (χ2n) is 8.72. The van der Waals surface area contributed by atoms with Crippen molar-refractivity contribution in [3.05, 3.63) is 90.0 Å². The Labute approximate surface area is 213 Å². The highest BCUT2D eigenvalue weighted by Crippen LogP contribution is 2.49. The van der Waals surface area contributed by atoms with Crippen molar-refractivity contribution < 1.29 is 26.3 Å². The summed E-state index contributed by atoms with van der Waals surface area (Å²) in [6.07, 6.45) is 1.97. The third-order valence-corrected chi connectivity index (χ3v) is 10.4.